The number of aromatic hydroxyl groups is 2. The number of nitrogens with one attached hydrogen (secondary N) is 1. The lowest BCUT2D eigenvalue weighted by atomic mass is 9.86. The van der Waals surface area contributed by atoms with E-state index >= 15 is 0 Å². The zero-order valence-corrected chi connectivity index (χ0v) is 25.0. The van der Waals surface area contributed by atoms with Crippen molar-refractivity contribution in [1.29, 1.82) is 0 Å². The zero-order valence-electron chi connectivity index (χ0n) is 22.5. The number of phenols is 2. The van der Waals surface area contributed by atoms with E-state index in [9.17, 15) is 18.6 Å². The zero-order chi connectivity index (χ0) is 26.0. The highest BCUT2D eigenvalue weighted by atomic mass is 35.5. The maximum absolute atomic E-state index is 11.5. The number of rotatable bonds is 15. The molecule has 3 N–H and O–H groups in total. The van der Waals surface area contributed by atoms with Gasteiger partial charge in [-0.2, -0.15) is 0 Å². The minimum absolute atomic E-state index is 0. The maximum atomic E-state index is 11.5. The van der Waals surface area contributed by atoms with E-state index in [2.05, 4.69) is 17.1 Å². The van der Waals surface area contributed by atoms with Gasteiger partial charge < -0.3 is 25.2 Å². The SMILES string of the molecule is CCCN(CCCCCCNCCOc1ccc(S(C)(=O)=O)cc1)[C@H]1CCc2c(ccc(O)c2O)C1.Cl.Cl. The van der Waals surface area contributed by atoms with Gasteiger partial charge in [-0.25, -0.2) is 8.42 Å². The number of hydrogen-bond donors (Lipinski definition) is 3. The van der Waals surface area contributed by atoms with Crippen LogP contribution in [0.4, 0.5) is 0 Å². The van der Waals surface area contributed by atoms with Gasteiger partial charge in [-0.15, -0.1) is 24.8 Å². The van der Waals surface area contributed by atoms with Crippen LogP contribution in [0.3, 0.4) is 0 Å². The van der Waals surface area contributed by atoms with E-state index in [1.165, 1.54) is 31.1 Å². The third-order valence-corrected chi connectivity index (χ3v) is 8.05. The summed E-state index contributed by atoms with van der Waals surface area (Å²) in [4.78, 5) is 2.92. The normalized spacial score (nSPS) is 14.9. The van der Waals surface area contributed by atoms with Crippen molar-refractivity contribution in [2.45, 2.75) is 69.2 Å². The number of ether oxygens (including phenoxy) is 1. The first-order valence-electron chi connectivity index (χ1n) is 13.2. The molecule has 7 nitrogen and oxygen atoms in total. The second kappa shape index (κ2) is 17.1. The van der Waals surface area contributed by atoms with Gasteiger partial charge in [-0.1, -0.05) is 25.8 Å². The van der Waals surface area contributed by atoms with Crippen LogP contribution in [0.2, 0.25) is 0 Å². The minimum Gasteiger partial charge on any atom is -0.504 e. The third kappa shape index (κ3) is 10.5. The average Bonchev–Trinajstić information content (AvgIpc) is 2.86. The Kier molecular flexibility index (Phi) is 15.4. The first-order chi connectivity index (χ1) is 17.3. The fraction of sp³-hybridized carbons (Fsp3) is 0.571. The fourth-order valence-electron chi connectivity index (χ4n) is 4.95. The van der Waals surface area contributed by atoms with Gasteiger partial charge in [-0.05, 0) is 94.1 Å². The predicted molar refractivity (Wildman–Crippen MR) is 158 cm³/mol. The summed E-state index contributed by atoms with van der Waals surface area (Å²) in [5.41, 5.74) is 2.09. The molecular weight excluding hydrogens is 547 g/mol. The van der Waals surface area contributed by atoms with Gasteiger partial charge in [0.15, 0.2) is 21.3 Å². The van der Waals surface area contributed by atoms with E-state index in [4.69, 9.17) is 4.74 Å². The van der Waals surface area contributed by atoms with E-state index in [0.717, 1.165) is 63.8 Å². The molecule has 1 aliphatic carbocycles. The van der Waals surface area contributed by atoms with Crippen molar-refractivity contribution < 1.29 is 23.4 Å². The van der Waals surface area contributed by atoms with Crippen LogP contribution in [0.1, 0.15) is 56.6 Å². The Morgan fingerprint density at radius 3 is 2.37 bits per heavy atom. The van der Waals surface area contributed by atoms with Crippen LogP contribution in [-0.4, -0.2) is 68.6 Å². The number of nitrogens with zero attached hydrogens (tertiary/aromatic N) is 1. The highest BCUT2D eigenvalue weighted by Crippen LogP contribution is 2.36. The van der Waals surface area contributed by atoms with E-state index in [0.29, 0.717) is 23.3 Å². The van der Waals surface area contributed by atoms with Crippen LogP contribution in [-0.2, 0) is 22.7 Å². The number of hydrogen-bond acceptors (Lipinski definition) is 7. The van der Waals surface area contributed by atoms with Crippen molar-refractivity contribution in [3.8, 4) is 17.2 Å². The number of halogens is 2. The first kappa shape index (κ1) is 34.3. The molecular formula is C28H44Cl2N2O5S. The predicted octanol–water partition coefficient (Wildman–Crippen LogP) is 5.14. The van der Waals surface area contributed by atoms with Crippen molar-refractivity contribution in [2.24, 2.45) is 0 Å². The topological polar surface area (TPSA) is 99.1 Å². The Labute approximate surface area is 240 Å². The molecule has 0 bridgehead atoms. The van der Waals surface area contributed by atoms with Crippen LogP contribution < -0.4 is 10.1 Å². The Morgan fingerprint density at radius 1 is 0.974 bits per heavy atom. The molecule has 1 atom stereocenters. The van der Waals surface area contributed by atoms with E-state index in [-0.39, 0.29) is 36.3 Å². The molecule has 2 aromatic rings. The standard InChI is InChI=1S/C28H42N2O5S.2ClH/c1-3-18-30(23-9-14-26-22(21-23)8-15-27(31)28(26)32)19-7-5-4-6-16-29-17-20-35-24-10-12-25(13-11-24)36(2,33)34;;/h8,10-13,15,23,29,31-32H,3-7,9,14,16-21H2,1-2H3;2*1H/t23-;;/m0../s1. The first-order valence-corrected chi connectivity index (χ1v) is 15.1. The van der Waals surface area contributed by atoms with Crippen molar-refractivity contribution in [2.75, 3.05) is 39.0 Å². The Balaban J connectivity index is 0.00000361. The van der Waals surface area contributed by atoms with Crippen LogP contribution in [0, 0.1) is 0 Å². The van der Waals surface area contributed by atoms with Crippen molar-refractivity contribution in [3.05, 3.63) is 47.5 Å². The maximum Gasteiger partial charge on any atom is 0.175 e. The number of phenolic OH excluding ortho intramolecular Hbond substituents is 2. The van der Waals surface area contributed by atoms with Gasteiger partial charge in [0.05, 0.1) is 4.90 Å². The molecule has 0 unspecified atom stereocenters. The molecule has 2 aromatic carbocycles. The fourth-order valence-corrected chi connectivity index (χ4v) is 5.58. The molecule has 0 saturated heterocycles. The molecule has 0 fully saturated rings. The monoisotopic (exact) mass is 590 g/mol. The summed E-state index contributed by atoms with van der Waals surface area (Å²) in [6.07, 6.45) is 9.86. The molecule has 1 aliphatic rings. The summed E-state index contributed by atoms with van der Waals surface area (Å²) in [6, 6.07) is 10.6. The molecule has 0 radical (unpaired) electrons. The minimum atomic E-state index is -3.18. The van der Waals surface area contributed by atoms with Gasteiger partial charge in [0.1, 0.15) is 12.4 Å². The van der Waals surface area contributed by atoms with Crippen molar-refractivity contribution >= 4 is 34.7 Å². The van der Waals surface area contributed by atoms with Gasteiger partial charge in [-0.3, -0.25) is 0 Å². The smallest absolute Gasteiger partial charge is 0.175 e. The molecule has 0 aromatic heterocycles. The lowest BCUT2D eigenvalue weighted by Crippen LogP contribution is -2.40. The molecule has 10 heteroatoms. The lowest BCUT2D eigenvalue weighted by molar-refractivity contribution is 0.175. The Bertz CT molecular complexity index is 1070. The number of benzene rings is 2. The van der Waals surface area contributed by atoms with Crippen molar-refractivity contribution in [3.63, 3.8) is 0 Å². The molecule has 38 heavy (non-hydrogen) atoms. The summed E-state index contributed by atoms with van der Waals surface area (Å²) in [7, 11) is -3.18. The third-order valence-electron chi connectivity index (χ3n) is 6.92. The molecule has 0 saturated carbocycles. The summed E-state index contributed by atoms with van der Waals surface area (Å²) < 4.78 is 28.7. The molecule has 216 valence electrons. The lowest BCUT2D eigenvalue weighted by Gasteiger charge is -2.35. The molecule has 0 amide bonds. The average molecular weight is 592 g/mol. The number of sulfone groups is 1. The van der Waals surface area contributed by atoms with Crippen LogP contribution in [0.25, 0.3) is 0 Å². The second-order valence-corrected chi connectivity index (χ2v) is 11.8. The summed E-state index contributed by atoms with van der Waals surface area (Å²) >= 11 is 0. The Hall–Kier alpha value is -1.71. The van der Waals surface area contributed by atoms with Gasteiger partial charge in [0.25, 0.3) is 0 Å². The van der Waals surface area contributed by atoms with Gasteiger partial charge in [0, 0.05) is 24.4 Å². The van der Waals surface area contributed by atoms with Crippen LogP contribution in [0.5, 0.6) is 17.2 Å². The van der Waals surface area contributed by atoms with E-state index < -0.39 is 9.84 Å². The summed E-state index contributed by atoms with van der Waals surface area (Å²) in [6.45, 7) is 6.71. The van der Waals surface area contributed by atoms with Crippen LogP contribution in [0.15, 0.2) is 41.3 Å². The van der Waals surface area contributed by atoms with Gasteiger partial charge in [0.2, 0.25) is 0 Å². The summed E-state index contributed by atoms with van der Waals surface area (Å²) in [5.74, 6) is 0.731. The Morgan fingerprint density at radius 2 is 1.68 bits per heavy atom. The quantitative estimate of drug-likeness (QED) is 0.195. The van der Waals surface area contributed by atoms with Crippen molar-refractivity contribution in [1.82, 2.24) is 10.2 Å². The highest BCUT2D eigenvalue weighted by Gasteiger charge is 2.26. The number of unbranched alkanes of at least 4 members (excludes halogenated alkanes) is 3. The van der Waals surface area contributed by atoms with E-state index in [1.54, 1.807) is 30.3 Å². The highest BCUT2D eigenvalue weighted by molar-refractivity contribution is 7.90. The van der Waals surface area contributed by atoms with Gasteiger partial charge >= 0.3 is 0 Å². The molecule has 0 aliphatic heterocycles. The summed E-state index contributed by atoms with van der Waals surface area (Å²) in [5, 5.41) is 23.3. The van der Waals surface area contributed by atoms with E-state index in [1.807, 2.05) is 6.07 Å². The number of fused-ring (bicyclic) bond motifs is 1. The molecule has 0 spiro atoms. The van der Waals surface area contributed by atoms with Crippen LogP contribution >= 0.6 is 24.8 Å². The molecule has 0 heterocycles. The largest absolute Gasteiger partial charge is 0.504 e. The molecule has 3 rings (SSSR count). The second-order valence-electron chi connectivity index (χ2n) is 9.76.